The normalized spacial score (nSPS) is 18.0. The minimum Gasteiger partial charge on any atom is -0.464 e. The Morgan fingerprint density at radius 2 is 2.24 bits per heavy atom. The van der Waals surface area contributed by atoms with Crippen molar-refractivity contribution in [2.24, 2.45) is 0 Å². The van der Waals surface area contributed by atoms with Crippen molar-refractivity contribution in [1.82, 2.24) is 9.47 Å². The van der Waals surface area contributed by atoms with E-state index in [2.05, 4.69) is 0 Å². The molecule has 1 atom stereocenters. The van der Waals surface area contributed by atoms with Crippen molar-refractivity contribution in [3.63, 3.8) is 0 Å². The molecule has 1 aliphatic rings. The highest BCUT2D eigenvalue weighted by Crippen LogP contribution is 2.21. The van der Waals surface area contributed by atoms with Crippen LogP contribution in [0.2, 0.25) is 0 Å². The fraction of sp³-hybridized carbons (Fsp3) is 0.600. The summed E-state index contributed by atoms with van der Waals surface area (Å²) in [5, 5.41) is 0. The summed E-state index contributed by atoms with van der Waals surface area (Å²) in [7, 11) is 1.63. The summed E-state index contributed by atoms with van der Waals surface area (Å²) < 4.78 is 12.0. The molecule has 1 aromatic heterocycles. The molecular formula is C15H22N2O4. The largest absolute Gasteiger partial charge is 0.464 e. The van der Waals surface area contributed by atoms with Crippen LogP contribution in [0.1, 0.15) is 30.3 Å². The summed E-state index contributed by atoms with van der Waals surface area (Å²) in [6.45, 7) is 3.85. The number of carbonyl (C=O) groups excluding carboxylic acids is 2. The minimum absolute atomic E-state index is 0.119. The Bertz CT molecular complexity index is 498. The van der Waals surface area contributed by atoms with Crippen LogP contribution in [0.15, 0.2) is 18.3 Å². The zero-order valence-electron chi connectivity index (χ0n) is 12.6. The first kappa shape index (κ1) is 15.6. The quantitative estimate of drug-likeness (QED) is 0.742. The Balaban J connectivity index is 2.11. The molecule has 1 unspecified atom stereocenters. The first-order valence-electron chi connectivity index (χ1n) is 7.30. The second kappa shape index (κ2) is 7.26. The summed E-state index contributed by atoms with van der Waals surface area (Å²) in [5.74, 6) is -0.426. The first-order valence-corrected chi connectivity index (χ1v) is 7.30. The zero-order valence-corrected chi connectivity index (χ0v) is 12.6. The number of nitrogens with zero attached hydrogens (tertiary/aromatic N) is 2. The Labute approximate surface area is 124 Å². The van der Waals surface area contributed by atoms with Gasteiger partial charge in [-0.1, -0.05) is 0 Å². The SMILES string of the molecule is CCOC(=O)C1CCCN1C(=O)c1cccn1CCOC. The molecule has 0 aromatic carbocycles. The van der Waals surface area contributed by atoms with Gasteiger partial charge in [-0.2, -0.15) is 0 Å². The highest BCUT2D eigenvalue weighted by molar-refractivity contribution is 5.96. The Hall–Kier alpha value is -1.82. The van der Waals surface area contributed by atoms with E-state index in [1.807, 2.05) is 16.8 Å². The molecule has 21 heavy (non-hydrogen) atoms. The van der Waals surface area contributed by atoms with Crippen molar-refractivity contribution >= 4 is 11.9 Å². The fourth-order valence-corrected chi connectivity index (χ4v) is 2.63. The maximum atomic E-state index is 12.7. The van der Waals surface area contributed by atoms with Crippen molar-refractivity contribution in [3.8, 4) is 0 Å². The second-order valence-corrected chi connectivity index (χ2v) is 4.99. The van der Waals surface area contributed by atoms with Gasteiger partial charge >= 0.3 is 5.97 Å². The van der Waals surface area contributed by atoms with Gasteiger partial charge in [0.1, 0.15) is 11.7 Å². The zero-order chi connectivity index (χ0) is 15.2. The third-order valence-electron chi connectivity index (χ3n) is 3.66. The molecule has 0 bridgehead atoms. The van der Waals surface area contributed by atoms with Crippen molar-refractivity contribution in [3.05, 3.63) is 24.0 Å². The van der Waals surface area contributed by atoms with E-state index in [1.165, 1.54) is 0 Å². The van der Waals surface area contributed by atoms with Crippen LogP contribution >= 0.6 is 0 Å². The minimum atomic E-state index is -0.455. The molecule has 1 fully saturated rings. The third kappa shape index (κ3) is 3.44. The topological polar surface area (TPSA) is 60.8 Å². The van der Waals surface area contributed by atoms with E-state index in [0.717, 1.165) is 6.42 Å². The molecule has 0 aliphatic carbocycles. The molecule has 0 radical (unpaired) electrons. The summed E-state index contributed by atoms with van der Waals surface area (Å²) in [4.78, 5) is 26.2. The third-order valence-corrected chi connectivity index (χ3v) is 3.66. The Morgan fingerprint density at radius 1 is 1.43 bits per heavy atom. The molecule has 1 aliphatic heterocycles. The van der Waals surface area contributed by atoms with Crippen LogP contribution in [-0.2, 0) is 20.8 Å². The molecule has 2 heterocycles. The van der Waals surface area contributed by atoms with Crippen LogP contribution < -0.4 is 0 Å². The standard InChI is InChI=1S/C15H22N2O4/c1-3-21-15(19)13-7-5-9-17(13)14(18)12-6-4-8-16(12)10-11-20-2/h4,6,8,13H,3,5,7,9-11H2,1-2H3. The predicted octanol–water partition coefficient (Wildman–Crippen LogP) is 1.30. The molecule has 0 saturated carbocycles. The van der Waals surface area contributed by atoms with Gasteiger partial charge in [0.2, 0.25) is 0 Å². The molecule has 0 spiro atoms. The number of ether oxygens (including phenoxy) is 2. The predicted molar refractivity (Wildman–Crippen MR) is 77.0 cm³/mol. The number of likely N-dealkylation sites (tertiary alicyclic amines) is 1. The molecule has 1 saturated heterocycles. The van der Waals surface area contributed by atoms with Crippen LogP contribution in [0.5, 0.6) is 0 Å². The average molecular weight is 294 g/mol. The lowest BCUT2D eigenvalue weighted by Crippen LogP contribution is -2.42. The van der Waals surface area contributed by atoms with Gasteiger partial charge in [-0.25, -0.2) is 4.79 Å². The molecule has 6 heteroatoms. The number of hydrogen-bond donors (Lipinski definition) is 0. The number of carbonyl (C=O) groups is 2. The van der Waals surface area contributed by atoms with Crippen LogP contribution in [0.25, 0.3) is 0 Å². The summed E-state index contributed by atoms with van der Waals surface area (Å²) >= 11 is 0. The van der Waals surface area contributed by atoms with Gasteiger partial charge in [0, 0.05) is 26.4 Å². The van der Waals surface area contributed by atoms with Gasteiger partial charge in [0.05, 0.1) is 13.2 Å². The van der Waals surface area contributed by atoms with Crippen LogP contribution in [0.3, 0.4) is 0 Å². The highest BCUT2D eigenvalue weighted by Gasteiger charge is 2.36. The van der Waals surface area contributed by atoms with E-state index in [0.29, 0.717) is 38.4 Å². The Kier molecular flexibility index (Phi) is 5.38. The molecule has 1 aromatic rings. The number of amides is 1. The van der Waals surface area contributed by atoms with E-state index >= 15 is 0 Å². The van der Waals surface area contributed by atoms with Gasteiger partial charge in [-0.05, 0) is 31.9 Å². The lowest BCUT2D eigenvalue weighted by molar-refractivity contribution is -0.147. The smallest absolute Gasteiger partial charge is 0.328 e. The fourth-order valence-electron chi connectivity index (χ4n) is 2.63. The Morgan fingerprint density at radius 3 is 2.95 bits per heavy atom. The van der Waals surface area contributed by atoms with Crippen molar-refractivity contribution in [2.45, 2.75) is 32.4 Å². The van der Waals surface area contributed by atoms with E-state index < -0.39 is 6.04 Å². The number of rotatable bonds is 6. The van der Waals surface area contributed by atoms with E-state index in [-0.39, 0.29) is 11.9 Å². The number of hydrogen-bond acceptors (Lipinski definition) is 4. The van der Waals surface area contributed by atoms with Crippen molar-refractivity contribution in [1.29, 1.82) is 0 Å². The molecular weight excluding hydrogens is 272 g/mol. The molecule has 116 valence electrons. The summed E-state index contributed by atoms with van der Waals surface area (Å²) in [6.07, 6.45) is 3.35. The summed E-state index contributed by atoms with van der Waals surface area (Å²) in [6, 6.07) is 3.15. The van der Waals surface area contributed by atoms with Crippen molar-refractivity contribution < 1.29 is 19.1 Å². The molecule has 2 rings (SSSR count). The van der Waals surface area contributed by atoms with E-state index in [9.17, 15) is 9.59 Å². The van der Waals surface area contributed by atoms with Gasteiger partial charge in [-0.3, -0.25) is 4.79 Å². The lowest BCUT2D eigenvalue weighted by atomic mass is 10.2. The first-order chi connectivity index (χ1) is 10.2. The van der Waals surface area contributed by atoms with Gasteiger partial charge in [0.25, 0.3) is 5.91 Å². The lowest BCUT2D eigenvalue weighted by Gasteiger charge is -2.23. The van der Waals surface area contributed by atoms with Crippen LogP contribution in [0, 0.1) is 0 Å². The average Bonchev–Trinajstić information content (AvgIpc) is 3.13. The maximum Gasteiger partial charge on any atom is 0.328 e. The van der Waals surface area contributed by atoms with E-state index in [1.54, 1.807) is 25.0 Å². The number of esters is 1. The van der Waals surface area contributed by atoms with Crippen LogP contribution in [0.4, 0.5) is 0 Å². The summed E-state index contributed by atoms with van der Waals surface area (Å²) in [5.41, 5.74) is 0.586. The van der Waals surface area contributed by atoms with Gasteiger partial charge in [0.15, 0.2) is 0 Å². The molecule has 6 nitrogen and oxygen atoms in total. The van der Waals surface area contributed by atoms with Gasteiger partial charge < -0.3 is 18.9 Å². The van der Waals surface area contributed by atoms with E-state index in [4.69, 9.17) is 9.47 Å². The second-order valence-electron chi connectivity index (χ2n) is 4.99. The van der Waals surface area contributed by atoms with Crippen LogP contribution in [-0.4, -0.2) is 54.3 Å². The van der Waals surface area contributed by atoms with Gasteiger partial charge in [-0.15, -0.1) is 0 Å². The monoisotopic (exact) mass is 294 g/mol. The molecule has 1 amide bonds. The maximum absolute atomic E-state index is 12.7. The molecule has 0 N–H and O–H groups in total. The highest BCUT2D eigenvalue weighted by atomic mass is 16.5. The van der Waals surface area contributed by atoms with Crippen molar-refractivity contribution in [2.75, 3.05) is 26.9 Å². The number of methoxy groups -OCH3 is 1. The number of aromatic nitrogens is 1.